The number of piperidine rings is 1. The molecule has 3 heterocycles. The average Bonchev–Trinajstić information content (AvgIpc) is 3.37. The molecular formula is C22H23ClN4O4S. The number of carbonyl (C=O) groups excluding carboxylic acids is 2. The molecule has 4 rings (SSSR count). The lowest BCUT2D eigenvalue weighted by molar-refractivity contribution is -0.121. The molecule has 1 aliphatic rings. The number of hydrogen-bond acceptors (Lipinski definition) is 7. The standard InChI is InChI=1S/C22H23ClN4O4S/c1-13-11-18(26-31-13)25-21(28)15-7-9-27(10-8-15)22(29)20-14(2)24-19(32-20)12-30-17-5-3-16(23)4-6-17/h3-6,11,15H,7-10,12H2,1-2H3,(H,25,26,28). The van der Waals surface area contributed by atoms with Crippen molar-refractivity contribution < 1.29 is 18.8 Å². The minimum atomic E-state index is -0.165. The van der Waals surface area contributed by atoms with Gasteiger partial charge >= 0.3 is 0 Å². The Kier molecular flexibility index (Phi) is 6.76. The van der Waals surface area contributed by atoms with Crippen molar-refractivity contribution in [2.45, 2.75) is 33.3 Å². The van der Waals surface area contributed by atoms with Gasteiger partial charge in [0.1, 0.15) is 28.0 Å². The molecule has 0 unspecified atom stereocenters. The minimum Gasteiger partial charge on any atom is -0.486 e. The highest BCUT2D eigenvalue weighted by Gasteiger charge is 2.30. The van der Waals surface area contributed by atoms with Gasteiger partial charge in [-0.25, -0.2) is 4.98 Å². The Balaban J connectivity index is 1.31. The van der Waals surface area contributed by atoms with E-state index in [4.69, 9.17) is 20.9 Å². The molecule has 168 valence electrons. The number of halogens is 1. The van der Waals surface area contributed by atoms with Crippen LogP contribution in [0.4, 0.5) is 5.82 Å². The van der Waals surface area contributed by atoms with Crippen LogP contribution in [0.25, 0.3) is 0 Å². The van der Waals surface area contributed by atoms with Gasteiger partial charge in [0.25, 0.3) is 5.91 Å². The van der Waals surface area contributed by atoms with Gasteiger partial charge in [-0.2, -0.15) is 0 Å². The van der Waals surface area contributed by atoms with Gasteiger partial charge in [0.05, 0.1) is 5.69 Å². The maximum atomic E-state index is 13.0. The van der Waals surface area contributed by atoms with Crippen LogP contribution in [0.15, 0.2) is 34.9 Å². The van der Waals surface area contributed by atoms with E-state index in [1.165, 1.54) is 11.3 Å². The van der Waals surface area contributed by atoms with Gasteiger partial charge in [0, 0.05) is 30.1 Å². The minimum absolute atomic E-state index is 0.0521. The van der Waals surface area contributed by atoms with Crippen molar-refractivity contribution in [2.24, 2.45) is 5.92 Å². The van der Waals surface area contributed by atoms with Gasteiger partial charge < -0.3 is 19.5 Å². The molecule has 0 atom stereocenters. The van der Waals surface area contributed by atoms with Crippen LogP contribution in [0, 0.1) is 19.8 Å². The number of benzene rings is 1. The van der Waals surface area contributed by atoms with Crippen molar-refractivity contribution in [3.05, 3.63) is 56.7 Å². The maximum absolute atomic E-state index is 13.0. The molecule has 1 N–H and O–H groups in total. The first-order valence-corrected chi connectivity index (χ1v) is 11.5. The molecule has 10 heteroatoms. The first-order chi connectivity index (χ1) is 15.4. The van der Waals surface area contributed by atoms with Crippen LogP contribution >= 0.6 is 22.9 Å². The Hall–Kier alpha value is -2.91. The number of nitrogens with one attached hydrogen (secondary N) is 1. The molecule has 0 bridgehead atoms. The average molecular weight is 475 g/mol. The molecule has 0 aliphatic carbocycles. The fourth-order valence-electron chi connectivity index (χ4n) is 3.53. The molecule has 0 radical (unpaired) electrons. The molecule has 8 nitrogen and oxygen atoms in total. The van der Waals surface area contributed by atoms with Gasteiger partial charge in [-0.15, -0.1) is 11.3 Å². The zero-order valence-electron chi connectivity index (χ0n) is 17.8. The summed E-state index contributed by atoms with van der Waals surface area (Å²) in [6.45, 7) is 4.91. The molecule has 2 amide bonds. The second-order valence-electron chi connectivity index (χ2n) is 7.64. The topological polar surface area (TPSA) is 97.6 Å². The van der Waals surface area contributed by atoms with Crippen molar-refractivity contribution >= 4 is 40.6 Å². The number of carbonyl (C=O) groups is 2. The quantitative estimate of drug-likeness (QED) is 0.566. The summed E-state index contributed by atoms with van der Waals surface area (Å²) in [5.74, 6) is 1.43. The Bertz CT molecular complexity index is 1100. The number of aromatic nitrogens is 2. The lowest BCUT2D eigenvalue weighted by Gasteiger charge is -2.31. The third-order valence-corrected chi connectivity index (χ3v) is 6.61. The normalized spacial score (nSPS) is 14.4. The van der Waals surface area contributed by atoms with Crippen LogP contribution in [0.5, 0.6) is 5.75 Å². The summed E-state index contributed by atoms with van der Waals surface area (Å²) in [5.41, 5.74) is 0.691. The number of likely N-dealkylation sites (tertiary alicyclic amines) is 1. The Labute approximate surface area is 194 Å². The van der Waals surface area contributed by atoms with Crippen LogP contribution in [-0.4, -0.2) is 39.9 Å². The first-order valence-electron chi connectivity index (χ1n) is 10.3. The molecular weight excluding hydrogens is 452 g/mol. The summed E-state index contributed by atoms with van der Waals surface area (Å²) >= 11 is 7.23. The van der Waals surface area contributed by atoms with Crippen molar-refractivity contribution in [1.29, 1.82) is 0 Å². The van der Waals surface area contributed by atoms with E-state index in [0.717, 1.165) is 5.01 Å². The molecule has 32 heavy (non-hydrogen) atoms. The zero-order valence-corrected chi connectivity index (χ0v) is 19.3. The number of nitrogens with zero attached hydrogens (tertiary/aromatic N) is 3. The third-order valence-electron chi connectivity index (χ3n) is 5.24. The fourth-order valence-corrected chi connectivity index (χ4v) is 4.60. The van der Waals surface area contributed by atoms with E-state index in [1.807, 2.05) is 6.92 Å². The molecule has 3 aromatic rings. The highest BCUT2D eigenvalue weighted by Crippen LogP contribution is 2.26. The van der Waals surface area contributed by atoms with Crippen LogP contribution in [0.3, 0.4) is 0 Å². The lowest BCUT2D eigenvalue weighted by Crippen LogP contribution is -2.41. The summed E-state index contributed by atoms with van der Waals surface area (Å²) in [5, 5.41) is 7.94. The second-order valence-corrected chi connectivity index (χ2v) is 9.16. The smallest absolute Gasteiger partial charge is 0.265 e. The zero-order chi connectivity index (χ0) is 22.7. The third kappa shape index (κ3) is 5.28. The molecule has 1 fully saturated rings. The van der Waals surface area contributed by atoms with Gasteiger partial charge in [-0.05, 0) is 51.0 Å². The number of hydrogen-bond donors (Lipinski definition) is 1. The van der Waals surface area contributed by atoms with E-state index in [1.54, 1.807) is 42.2 Å². The summed E-state index contributed by atoms with van der Waals surface area (Å²) in [4.78, 5) is 32.4. The fraction of sp³-hybridized carbons (Fsp3) is 0.364. The first kappa shape index (κ1) is 22.3. The summed E-state index contributed by atoms with van der Waals surface area (Å²) in [6.07, 6.45) is 1.19. The molecule has 1 saturated heterocycles. The lowest BCUT2D eigenvalue weighted by atomic mass is 9.95. The Morgan fingerprint density at radius 1 is 1.25 bits per heavy atom. The Morgan fingerprint density at radius 2 is 1.97 bits per heavy atom. The van der Waals surface area contributed by atoms with Crippen molar-refractivity contribution in [1.82, 2.24) is 15.0 Å². The summed E-state index contributed by atoms with van der Waals surface area (Å²) < 4.78 is 10.7. The number of aryl methyl sites for hydroxylation is 2. The largest absolute Gasteiger partial charge is 0.486 e. The highest BCUT2D eigenvalue weighted by molar-refractivity contribution is 7.13. The predicted octanol–water partition coefficient (Wildman–Crippen LogP) is 4.47. The summed E-state index contributed by atoms with van der Waals surface area (Å²) in [7, 11) is 0. The van der Waals surface area contributed by atoms with E-state index in [2.05, 4.69) is 15.5 Å². The van der Waals surface area contributed by atoms with Gasteiger partial charge in [-0.1, -0.05) is 16.8 Å². The van der Waals surface area contributed by atoms with Crippen molar-refractivity contribution in [3.8, 4) is 5.75 Å². The molecule has 0 spiro atoms. The SMILES string of the molecule is Cc1cc(NC(=O)C2CCN(C(=O)c3sc(COc4ccc(Cl)cc4)nc3C)CC2)no1. The molecule has 2 aromatic heterocycles. The van der Waals surface area contributed by atoms with Crippen LogP contribution in [-0.2, 0) is 11.4 Å². The molecule has 0 saturated carbocycles. The van der Waals surface area contributed by atoms with E-state index in [0.29, 0.717) is 58.9 Å². The number of amides is 2. The highest BCUT2D eigenvalue weighted by atomic mass is 35.5. The molecule has 1 aliphatic heterocycles. The monoisotopic (exact) mass is 474 g/mol. The number of rotatable bonds is 6. The van der Waals surface area contributed by atoms with Gasteiger partial charge in [0.15, 0.2) is 5.82 Å². The summed E-state index contributed by atoms with van der Waals surface area (Å²) in [6, 6.07) is 8.78. The molecule has 1 aromatic carbocycles. The van der Waals surface area contributed by atoms with E-state index in [9.17, 15) is 9.59 Å². The number of anilines is 1. The number of ether oxygens (including phenoxy) is 1. The van der Waals surface area contributed by atoms with E-state index in [-0.39, 0.29) is 24.3 Å². The second kappa shape index (κ2) is 9.70. The maximum Gasteiger partial charge on any atom is 0.265 e. The van der Waals surface area contributed by atoms with Crippen molar-refractivity contribution in [2.75, 3.05) is 18.4 Å². The predicted molar refractivity (Wildman–Crippen MR) is 121 cm³/mol. The Morgan fingerprint density at radius 3 is 2.62 bits per heavy atom. The van der Waals surface area contributed by atoms with Gasteiger partial charge in [-0.3, -0.25) is 9.59 Å². The van der Waals surface area contributed by atoms with E-state index >= 15 is 0 Å². The van der Waals surface area contributed by atoms with Crippen molar-refractivity contribution in [3.63, 3.8) is 0 Å². The van der Waals surface area contributed by atoms with Crippen LogP contribution in [0.2, 0.25) is 5.02 Å². The van der Waals surface area contributed by atoms with Gasteiger partial charge in [0.2, 0.25) is 5.91 Å². The van der Waals surface area contributed by atoms with Crippen LogP contribution < -0.4 is 10.1 Å². The number of thiazole rings is 1. The van der Waals surface area contributed by atoms with Crippen LogP contribution in [0.1, 0.15) is 39.0 Å². The van der Waals surface area contributed by atoms with E-state index < -0.39 is 0 Å².